The predicted octanol–water partition coefficient (Wildman–Crippen LogP) is 0.230. The Labute approximate surface area is 87.6 Å². The van der Waals surface area contributed by atoms with E-state index in [1.807, 2.05) is 0 Å². The average Bonchev–Trinajstić information content (AvgIpc) is 2.24. The largest absolute Gasteiger partial charge is 0.401 e. The maximum absolute atomic E-state index is 11.6. The zero-order valence-electron chi connectivity index (χ0n) is 8.24. The highest BCUT2D eigenvalue weighted by molar-refractivity contribution is 7.82. The first kappa shape index (κ1) is 14.5. The molecular formula is C5H10NO7PS. The molecule has 0 aliphatic carbocycles. The van der Waals surface area contributed by atoms with Gasteiger partial charge in [0.15, 0.2) is 0 Å². The lowest BCUT2D eigenvalue weighted by molar-refractivity contribution is 0.195. The SMILES string of the molecule is COP(=O)(OC)C(C#N)OS(=O)(=O)OC. The van der Waals surface area contributed by atoms with E-state index in [-0.39, 0.29) is 0 Å². The zero-order valence-corrected chi connectivity index (χ0v) is 9.95. The molecule has 0 fully saturated rings. The Morgan fingerprint density at radius 2 is 1.73 bits per heavy atom. The monoisotopic (exact) mass is 259 g/mol. The van der Waals surface area contributed by atoms with Gasteiger partial charge in [-0.15, -0.1) is 0 Å². The van der Waals surface area contributed by atoms with Crippen molar-refractivity contribution in [3.63, 3.8) is 0 Å². The summed E-state index contributed by atoms with van der Waals surface area (Å²) in [5, 5.41) is 8.56. The fourth-order valence-electron chi connectivity index (χ4n) is 0.562. The van der Waals surface area contributed by atoms with Crippen LogP contribution in [0.15, 0.2) is 0 Å². The fraction of sp³-hybridized carbons (Fsp3) is 0.800. The molecule has 0 radical (unpaired) electrons. The summed E-state index contributed by atoms with van der Waals surface area (Å²) in [6, 6.07) is 1.34. The second-order valence-corrected chi connectivity index (χ2v) is 5.68. The maximum Gasteiger partial charge on any atom is 0.401 e. The first-order valence-corrected chi connectivity index (χ1v) is 6.39. The van der Waals surface area contributed by atoms with Crippen LogP contribution >= 0.6 is 7.60 Å². The van der Waals surface area contributed by atoms with Gasteiger partial charge in [-0.25, -0.2) is 4.18 Å². The summed E-state index contributed by atoms with van der Waals surface area (Å²) in [7, 11) is -5.51. The van der Waals surface area contributed by atoms with Gasteiger partial charge in [0, 0.05) is 14.2 Å². The van der Waals surface area contributed by atoms with Crippen LogP contribution in [0.2, 0.25) is 0 Å². The van der Waals surface area contributed by atoms with Gasteiger partial charge in [-0.05, 0) is 0 Å². The third-order valence-electron chi connectivity index (χ3n) is 1.32. The third-order valence-corrected chi connectivity index (χ3v) is 4.11. The van der Waals surface area contributed by atoms with E-state index in [0.29, 0.717) is 0 Å². The van der Waals surface area contributed by atoms with Gasteiger partial charge < -0.3 is 9.05 Å². The molecule has 0 aliphatic heterocycles. The van der Waals surface area contributed by atoms with Crippen LogP contribution in [0.4, 0.5) is 0 Å². The summed E-state index contributed by atoms with van der Waals surface area (Å²) in [6.45, 7) is 0. The summed E-state index contributed by atoms with van der Waals surface area (Å²) >= 11 is 0. The smallest absolute Gasteiger partial charge is 0.309 e. The van der Waals surface area contributed by atoms with Crippen molar-refractivity contribution in [2.24, 2.45) is 0 Å². The van der Waals surface area contributed by atoms with Gasteiger partial charge in [0.1, 0.15) is 6.07 Å². The molecule has 0 amide bonds. The Hall–Kier alpha value is -0.490. The molecule has 0 aromatic heterocycles. The molecule has 0 saturated heterocycles. The van der Waals surface area contributed by atoms with Gasteiger partial charge in [0.25, 0.3) is 5.85 Å². The number of nitrogens with zero attached hydrogens (tertiary/aromatic N) is 1. The van der Waals surface area contributed by atoms with Crippen molar-refractivity contribution in [3.05, 3.63) is 0 Å². The molecule has 0 spiro atoms. The predicted molar refractivity (Wildman–Crippen MR) is 48.0 cm³/mol. The van der Waals surface area contributed by atoms with Crippen molar-refractivity contribution in [2.75, 3.05) is 21.3 Å². The quantitative estimate of drug-likeness (QED) is 0.623. The maximum atomic E-state index is 11.6. The molecule has 88 valence electrons. The van der Waals surface area contributed by atoms with Crippen molar-refractivity contribution >= 4 is 18.0 Å². The highest BCUT2D eigenvalue weighted by Gasteiger charge is 2.39. The second-order valence-electron chi connectivity index (χ2n) is 2.06. The standard InChI is InChI=1S/C5H10NO7PS/c1-10-14(7,11-2)5(4-6)13-15(8,9)12-3/h5H,1-3H3. The Morgan fingerprint density at radius 3 is 2.00 bits per heavy atom. The van der Waals surface area contributed by atoms with E-state index in [4.69, 9.17) is 5.26 Å². The third kappa shape index (κ3) is 3.87. The number of hydrogen-bond acceptors (Lipinski definition) is 8. The summed E-state index contributed by atoms with van der Waals surface area (Å²) < 4.78 is 50.1. The molecule has 0 aromatic rings. The lowest BCUT2D eigenvalue weighted by Crippen LogP contribution is -2.19. The molecule has 1 atom stereocenters. The van der Waals surface area contributed by atoms with Crippen LogP contribution in [-0.4, -0.2) is 35.6 Å². The molecule has 0 rings (SSSR count). The molecule has 8 nitrogen and oxygen atoms in total. The van der Waals surface area contributed by atoms with Crippen molar-refractivity contribution in [2.45, 2.75) is 5.85 Å². The molecule has 0 aromatic carbocycles. The van der Waals surface area contributed by atoms with Crippen LogP contribution in [0.3, 0.4) is 0 Å². The van der Waals surface area contributed by atoms with Crippen LogP contribution in [0.5, 0.6) is 0 Å². The van der Waals surface area contributed by atoms with Gasteiger partial charge >= 0.3 is 18.0 Å². The van der Waals surface area contributed by atoms with E-state index in [1.54, 1.807) is 0 Å². The lowest BCUT2D eigenvalue weighted by Gasteiger charge is -2.17. The van der Waals surface area contributed by atoms with Gasteiger partial charge in [0.05, 0.1) is 7.11 Å². The van der Waals surface area contributed by atoms with Crippen molar-refractivity contribution < 1.29 is 30.4 Å². The molecule has 0 N–H and O–H groups in total. The fourth-order valence-corrected chi connectivity index (χ4v) is 2.32. The number of hydrogen-bond donors (Lipinski definition) is 0. The van der Waals surface area contributed by atoms with E-state index in [2.05, 4.69) is 17.4 Å². The Balaban J connectivity index is 4.97. The average molecular weight is 259 g/mol. The van der Waals surface area contributed by atoms with E-state index in [9.17, 15) is 13.0 Å². The summed E-state index contributed by atoms with van der Waals surface area (Å²) in [5.74, 6) is -1.91. The number of rotatable bonds is 6. The Morgan fingerprint density at radius 1 is 1.27 bits per heavy atom. The summed E-state index contributed by atoms with van der Waals surface area (Å²) in [5.41, 5.74) is 0. The molecule has 0 saturated carbocycles. The molecule has 1 unspecified atom stereocenters. The van der Waals surface area contributed by atoms with E-state index in [0.717, 1.165) is 21.3 Å². The Bertz CT molecular complexity index is 377. The second kappa shape index (κ2) is 5.55. The van der Waals surface area contributed by atoms with Gasteiger partial charge in [0.2, 0.25) is 0 Å². The van der Waals surface area contributed by atoms with Crippen LogP contribution < -0.4 is 0 Å². The first-order valence-electron chi connectivity index (χ1n) is 3.45. The van der Waals surface area contributed by atoms with Crippen LogP contribution in [0.1, 0.15) is 0 Å². The Kier molecular flexibility index (Phi) is 5.37. The summed E-state index contributed by atoms with van der Waals surface area (Å²) in [6.07, 6.45) is 0. The molecule has 0 aliphatic rings. The van der Waals surface area contributed by atoms with Crippen LogP contribution in [0, 0.1) is 11.3 Å². The zero-order chi connectivity index (χ0) is 12.1. The van der Waals surface area contributed by atoms with Crippen LogP contribution in [0.25, 0.3) is 0 Å². The van der Waals surface area contributed by atoms with Crippen molar-refractivity contribution in [3.8, 4) is 6.07 Å². The van der Waals surface area contributed by atoms with Gasteiger partial charge in [-0.2, -0.15) is 13.7 Å². The van der Waals surface area contributed by atoms with Crippen molar-refractivity contribution in [1.29, 1.82) is 5.26 Å². The minimum atomic E-state index is -4.39. The molecule has 15 heavy (non-hydrogen) atoms. The van der Waals surface area contributed by atoms with Gasteiger partial charge in [-0.3, -0.25) is 8.75 Å². The topological polar surface area (TPSA) is 112 Å². The minimum absolute atomic E-state index is 0.828. The minimum Gasteiger partial charge on any atom is -0.309 e. The summed E-state index contributed by atoms with van der Waals surface area (Å²) in [4.78, 5) is 0. The lowest BCUT2D eigenvalue weighted by atomic mass is 10.8. The molecule has 10 heteroatoms. The van der Waals surface area contributed by atoms with E-state index >= 15 is 0 Å². The number of nitriles is 1. The molecule has 0 bridgehead atoms. The molecular weight excluding hydrogens is 249 g/mol. The van der Waals surface area contributed by atoms with E-state index < -0.39 is 23.8 Å². The van der Waals surface area contributed by atoms with Crippen molar-refractivity contribution in [1.82, 2.24) is 0 Å². The van der Waals surface area contributed by atoms with Gasteiger partial charge in [-0.1, -0.05) is 0 Å². The highest BCUT2D eigenvalue weighted by Crippen LogP contribution is 2.52. The van der Waals surface area contributed by atoms with E-state index in [1.165, 1.54) is 6.07 Å². The van der Waals surface area contributed by atoms with Crippen LogP contribution in [-0.2, 0) is 32.4 Å². The first-order chi connectivity index (χ1) is 6.85. The molecule has 0 heterocycles. The normalized spacial score (nSPS) is 14.5. The highest BCUT2D eigenvalue weighted by atomic mass is 32.3.